The summed E-state index contributed by atoms with van der Waals surface area (Å²) in [5, 5.41) is 10.8. The van der Waals surface area contributed by atoms with Crippen LogP contribution in [0.25, 0.3) is 33.2 Å². The Morgan fingerprint density at radius 1 is 1.07 bits per heavy atom. The van der Waals surface area contributed by atoms with Crippen LogP contribution in [0.15, 0.2) is 18.2 Å². The van der Waals surface area contributed by atoms with E-state index in [0.717, 1.165) is 73.6 Å². The van der Waals surface area contributed by atoms with Gasteiger partial charge in [0, 0.05) is 41.6 Å². The van der Waals surface area contributed by atoms with Crippen LogP contribution in [-0.2, 0) is 35.4 Å². The van der Waals surface area contributed by atoms with E-state index in [4.69, 9.17) is 24.7 Å². The van der Waals surface area contributed by atoms with Gasteiger partial charge in [-0.1, -0.05) is 43.2 Å². The molecule has 3 aromatic rings. The van der Waals surface area contributed by atoms with Crippen molar-refractivity contribution in [2.75, 3.05) is 7.11 Å². The molecule has 218 valence electrons. The number of carbonyl (C=O) groups is 2. The van der Waals surface area contributed by atoms with Gasteiger partial charge < -0.3 is 19.8 Å². The third kappa shape index (κ3) is 5.00. The number of ether oxygens (including phenoxy) is 1. The zero-order chi connectivity index (χ0) is 30.0. The fourth-order valence-corrected chi connectivity index (χ4v) is 6.91. The number of aliphatic hydroxyl groups excluding tert-OH is 1. The Balaban J connectivity index is 0.00000368. The van der Waals surface area contributed by atoms with Crippen LogP contribution in [0, 0.1) is 13.8 Å². The van der Waals surface area contributed by atoms with Crippen LogP contribution >= 0.6 is 0 Å². The number of methoxy groups -OCH3 is 1. The molecule has 5 heterocycles. The van der Waals surface area contributed by atoms with E-state index in [1.54, 1.807) is 6.92 Å². The predicted molar refractivity (Wildman–Crippen MR) is 162 cm³/mol. The Labute approximate surface area is 264 Å². The summed E-state index contributed by atoms with van der Waals surface area (Å²) in [6.07, 6.45) is 1.11. The average molecular weight is 630 g/mol. The fraction of sp³-hybridized carbons (Fsp3) is 0.412. The molecule has 0 fully saturated rings. The number of hydrogen-bond donors (Lipinski definition) is 1. The monoisotopic (exact) mass is 628 g/mol. The second-order valence-electron chi connectivity index (χ2n) is 11.7. The molecule has 3 atom stereocenters. The summed E-state index contributed by atoms with van der Waals surface area (Å²) in [6.45, 7) is 12.0. The first-order valence-corrected chi connectivity index (χ1v) is 14.7. The van der Waals surface area contributed by atoms with Gasteiger partial charge >= 0.3 is 25.4 Å². The van der Waals surface area contributed by atoms with Crippen LogP contribution in [-0.4, -0.2) is 33.9 Å². The van der Waals surface area contributed by atoms with Crippen molar-refractivity contribution in [3.05, 3.63) is 68.8 Å². The van der Waals surface area contributed by atoms with E-state index >= 15 is 0 Å². The number of nitrogens with zero attached hydrogens (tertiary/aromatic N) is 4. The molecule has 0 radical (unpaired) electrons. The van der Waals surface area contributed by atoms with E-state index < -0.39 is 6.10 Å². The SMILES string of the molecule is CCC1=C(C)c2cc3[n-]c(cc4nc(c5c6[n-]c(cc1n2)c(C)c6C(=O)C5)[C@@H](CCC(=O)OC)[C@@H]4C)c(C)c3C(C)O.[Zn+2]. The van der Waals surface area contributed by atoms with Gasteiger partial charge in [0.15, 0.2) is 5.78 Å². The largest absolute Gasteiger partial charge is 2.00 e. The number of carbonyl (C=O) groups excluding carboxylic acids is 2. The van der Waals surface area contributed by atoms with Crippen LogP contribution in [0.5, 0.6) is 0 Å². The number of aliphatic hydroxyl groups is 1. The van der Waals surface area contributed by atoms with Crippen molar-refractivity contribution in [1.29, 1.82) is 0 Å². The summed E-state index contributed by atoms with van der Waals surface area (Å²) in [6, 6.07) is 5.93. The van der Waals surface area contributed by atoms with Crippen molar-refractivity contribution in [2.45, 2.75) is 85.2 Å². The maximum absolute atomic E-state index is 13.4. The number of esters is 1. The smallest absolute Gasteiger partial charge is 0.657 e. The molecule has 0 amide bonds. The Morgan fingerprint density at radius 3 is 2.44 bits per heavy atom. The first-order valence-electron chi connectivity index (χ1n) is 14.7. The maximum Gasteiger partial charge on any atom is 2.00 e. The number of fused-ring (bicyclic) bond motifs is 8. The average Bonchev–Trinajstić information content (AvgIpc) is 3.70. The molecule has 1 unspecified atom stereocenters. The van der Waals surface area contributed by atoms with Crippen LogP contribution in [0.3, 0.4) is 0 Å². The predicted octanol–water partition coefficient (Wildman–Crippen LogP) is 6.16. The van der Waals surface area contributed by atoms with Gasteiger partial charge in [-0.15, -0.1) is 22.1 Å². The standard InChI is InChI=1S/C34H37N4O4.Zn/c1-8-20-15(2)23-14-28-31(19(6)39)17(4)25(36-28)12-24-16(3)21(9-10-30(41)42-7)33(37-24)22-11-29(40)32-18(5)26(38-34(22)32)13-27(20)35-23;/h12-14,16,19,21,39H,8-11H2,1-7H3,(H-,35,36,37,38,40);/q-1;+2/p-1/t16-,19?,21-;/m0./s1. The van der Waals surface area contributed by atoms with E-state index in [1.807, 2.05) is 32.0 Å². The number of aryl methyl sites for hydroxylation is 2. The van der Waals surface area contributed by atoms with Gasteiger partial charge in [0.05, 0.1) is 24.6 Å². The van der Waals surface area contributed by atoms with Crippen molar-refractivity contribution in [3.8, 4) is 0 Å². The summed E-state index contributed by atoms with van der Waals surface area (Å²) in [7, 11) is 1.40. The molecule has 3 aromatic heterocycles. The molecule has 0 aromatic carbocycles. The minimum atomic E-state index is -0.717. The number of aromatic nitrogens is 4. The molecule has 1 N–H and O–H groups in total. The molecular formula is C34H36N4O4Zn. The second kappa shape index (κ2) is 11.6. The number of Topliss-reactive ketones (excluding diaryl/α,β-unsaturated/α-hetero) is 1. The van der Waals surface area contributed by atoms with Gasteiger partial charge in [-0.2, -0.15) is 0 Å². The molecule has 43 heavy (non-hydrogen) atoms. The zero-order valence-corrected chi connectivity index (χ0v) is 28.9. The molecule has 2 aliphatic heterocycles. The van der Waals surface area contributed by atoms with E-state index in [1.165, 1.54) is 7.11 Å². The van der Waals surface area contributed by atoms with E-state index in [2.05, 4.69) is 20.8 Å². The molecule has 0 saturated carbocycles. The summed E-state index contributed by atoms with van der Waals surface area (Å²) < 4.78 is 4.94. The van der Waals surface area contributed by atoms with Crippen LogP contribution in [0.1, 0.15) is 120 Å². The van der Waals surface area contributed by atoms with Crippen molar-refractivity contribution < 1.29 is 38.9 Å². The normalized spacial score (nSPS) is 18.2. The maximum atomic E-state index is 13.4. The molecule has 1 aliphatic carbocycles. The van der Waals surface area contributed by atoms with Gasteiger partial charge in [-0.25, -0.2) is 4.98 Å². The first-order chi connectivity index (χ1) is 20.0. The molecule has 0 saturated heterocycles. The molecule has 8 nitrogen and oxygen atoms in total. The third-order valence-corrected chi connectivity index (χ3v) is 9.29. The molecule has 0 spiro atoms. The summed E-state index contributed by atoms with van der Waals surface area (Å²) in [4.78, 5) is 45.7. The Bertz CT molecular complexity index is 1860. The first kappa shape index (κ1) is 31.0. The molecule has 6 rings (SSSR count). The summed E-state index contributed by atoms with van der Waals surface area (Å²) >= 11 is 0. The minimum Gasteiger partial charge on any atom is -0.657 e. The number of allylic oxidation sites excluding steroid dienone is 2. The van der Waals surface area contributed by atoms with Gasteiger partial charge in [0.2, 0.25) is 0 Å². The fourth-order valence-electron chi connectivity index (χ4n) is 6.91. The van der Waals surface area contributed by atoms with Crippen LogP contribution in [0.2, 0.25) is 0 Å². The quantitative estimate of drug-likeness (QED) is 0.263. The molecular weight excluding hydrogens is 594 g/mol. The minimum absolute atomic E-state index is 0. The second-order valence-corrected chi connectivity index (χ2v) is 11.7. The van der Waals surface area contributed by atoms with Crippen LogP contribution in [0.4, 0.5) is 0 Å². The molecule has 9 heteroatoms. The summed E-state index contributed by atoms with van der Waals surface area (Å²) in [5.41, 5.74) is 12.3. The Hall–Kier alpha value is -3.42. The van der Waals surface area contributed by atoms with Crippen LogP contribution < -0.4 is 9.97 Å². The Morgan fingerprint density at radius 2 is 1.77 bits per heavy atom. The van der Waals surface area contributed by atoms with Crippen molar-refractivity contribution in [3.63, 3.8) is 0 Å². The van der Waals surface area contributed by atoms with E-state index in [-0.39, 0.29) is 55.9 Å². The molecule has 3 aliphatic rings. The van der Waals surface area contributed by atoms with E-state index in [0.29, 0.717) is 23.0 Å². The van der Waals surface area contributed by atoms with Crippen molar-refractivity contribution >= 4 is 45.0 Å². The number of rotatable bonds is 5. The number of ketones is 1. The van der Waals surface area contributed by atoms with E-state index in [9.17, 15) is 14.7 Å². The van der Waals surface area contributed by atoms with Gasteiger partial charge in [0.25, 0.3) is 0 Å². The van der Waals surface area contributed by atoms with Gasteiger partial charge in [0.1, 0.15) is 0 Å². The van der Waals surface area contributed by atoms with Gasteiger partial charge in [-0.3, -0.25) is 14.6 Å². The van der Waals surface area contributed by atoms with Gasteiger partial charge in [-0.05, 0) is 62.8 Å². The Kier molecular flexibility index (Phi) is 8.36. The van der Waals surface area contributed by atoms with Crippen molar-refractivity contribution in [1.82, 2.24) is 19.9 Å². The topological polar surface area (TPSA) is 118 Å². The summed E-state index contributed by atoms with van der Waals surface area (Å²) in [5.74, 6) is -0.347. The zero-order valence-electron chi connectivity index (χ0n) is 26.0. The number of hydrogen-bond acceptors (Lipinski definition) is 6. The van der Waals surface area contributed by atoms with Crippen molar-refractivity contribution in [2.24, 2.45) is 0 Å². The third-order valence-electron chi connectivity index (χ3n) is 9.29. The molecule has 8 bridgehead atoms.